The lowest BCUT2D eigenvalue weighted by atomic mass is 9.83. The average molecular weight is 248 g/mol. The molecule has 0 aromatic heterocycles. The predicted molar refractivity (Wildman–Crippen MR) is 75.0 cm³/mol. The van der Waals surface area contributed by atoms with Crippen LogP contribution in [0.4, 0.5) is 0 Å². The van der Waals surface area contributed by atoms with Gasteiger partial charge < -0.3 is 0 Å². The number of thioether (sulfide) groups is 1. The Morgan fingerprint density at radius 2 is 2.35 bits per heavy atom. The molecule has 1 fully saturated rings. The summed E-state index contributed by atoms with van der Waals surface area (Å²) >= 11 is 1.91. The van der Waals surface area contributed by atoms with Crippen LogP contribution < -0.4 is 0 Å². The standard InChI is InChI=1S/C15H20OS/c1-4-5-14(16)12-9-15-13(8-11(12)3)10(2)6-7-17-15/h9,13H,2,4-8H2,1,3H3/t13-/m0/s1. The fourth-order valence-corrected chi connectivity index (χ4v) is 3.78. The second-order valence-electron chi connectivity index (χ2n) is 4.93. The molecule has 17 heavy (non-hydrogen) atoms. The molecule has 2 aliphatic rings. The Morgan fingerprint density at radius 3 is 3.06 bits per heavy atom. The van der Waals surface area contributed by atoms with E-state index >= 15 is 0 Å². The Bertz CT molecular complexity index is 415. The van der Waals surface area contributed by atoms with Gasteiger partial charge in [-0.1, -0.05) is 24.6 Å². The minimum atomic E-state index is 0.313. The van der Waals surface area contributed by atoms with Gasteiger partial charge in [-0.25, -0.2) is 0 Å². The van der Waals surface area contributed by atoms with Gasteiger partial charge in [0, 0.05) is 23.7 Å². The molecule has 2 rings (SSSR count). The van der Waals surface area contributed by atoms with Crippen LogP contribution in [0.3, 0.4) is 0 Å². The maximum atomic E-state index is 12.0. The van der Waals surface area contributed by atoms with E-state index in [1.54, 1.807) is 0 Å². The SMILES string of the molecule is C=C1CCSC2=CC(C(=O)CCC)=C(C)C[C@@H]12. The van der Waals surface area contributed by atoms with Crippen molar-refractivity contribution in [3.05, 3.63) is 34.3 Å². The van der Waals surface area contributed by atoms with Crippen molar-refractivity contribution in [2.24, 2.45) is 5.92 Å². The highest BCUT2D eigenvalue weighted by atomic mass is 32.2. The average Bonchev–Trinajstić information content (AvgIpc) is 2.30. The predicted octanol–water partition coefficient (Wildman–Crippen LogP) is 4.27. The lowest BCUT2D eigenvalue weighted by Gasteiger charge is -2.31. The summed E-state index contributed by atoms with van der Waals surface area (Å²) in [5.41, 5.74) is 3.57. The van der Waals surface area contributed by atoms with E-state index < -0.39 is 0 Å². The maximum Gasteiger partial charge on any atom is 0.162 e. The third-order valence-electron chi connectivity index (χ3n) is 3.56. The van der Waals surface area contributed by atoms with Gasteiger partial charge in [0.2, 0.25) is 0 Å². The van der Waals surface area contributed by atoms with Crippen molar-refractivity contribution >= 4 is 17.5 Å². The summed E-state index contributed by atoms with van der Waals surface area (Å²) in [5, 5.41) is 0. The zero-order chi connectivity index (χ0) is 12.4. The maximum absolute atomic E-state index is 12.0. The van der Waals surface area contributed by atoms with E-state index in [1.807, 2.05) is 11.8 Å². The van der Waals surface area contributed by atoms with Crippen molar-refractivity contribution in [1.82, 2.24) is 0 Å². The molecule has 0 aromatic rings. The molecule has 0 radical (unpaired) electrons. The van der Waals surface area contributed by atoms with Crippen molar-refractivity contribution in [3.8, 4) is 0 Å². The first-order valence-corrected chi connectivity index (χ1v) is 7.37. The molecule has 1 aliphatic heterocycles. The summed E-state index contributed by atoms with van der Waals surface area (Å²) in [5.74, 6) is 1.93. The highest BCUT2D eigenvalue weighted by Gasteiger charge is 2.28. The number of carbonyl (C=O) groups is 1. The van der Waals surface area contributed by atoms with E-state index in [0.29, 0.717) is 18.1 Å². The minimum Gasteiger partial charge on any atom is -0.294 e. The number of Topliss-reactive ketones (excluding diaryl/α,β-unsaturated/α-hetero) is 1. The molecule has 0 N–H and O–H groups in total. The van der Waals surface area contributed by atoms with Crippen LogP contribution in [0.1, 0.15) is 39.5 Å². The van der Waals surface area contributed by atoms with Gasteiger partial charge in [0.1, 0.15) is 0 Å². The summed E-state index contributed by atoms with van der Waals surface area (Å²) in [7, 11) is 0. The van der Waals surface area contributed by atoms with Crippen LogP contribution >= 0.6 is 11.8 Å². The van der Waals surface area contributed by atoms with Crippen LogP contribution in [-0.4, -0.2) is 11.5 Å². The summed E-state index contributed by atoms with van der Waals surface area (Å²) in [6.45, 7) is 8.34. The first kappa shape index (κ1) is 12.7. The van der Waals surface area contributed by atoms with Crippen molar-refractivity contribution in [3.63, 3.8) is 0 Å². The van der Waals surface area contributed by atoms with Gasteiger partial charge in [0.05, 0.1) is 0 Å². The van der Waals surface area contributed by atoms with Gasteiger partial charge in [0.25, 0.3) is 0 Å². The van der Waals surface area contributed by atoms with Crippen LogP contribution in [-0.2, 0) is 4.79 Å². The molecule has 1 atom stereocenters. The smallest absolute Gasteiger partial charge is 0.162 e. The quantitative estimate of drug-likeness (QED) is 0.694. The summed E-state index contributed by atoms with van der Waals surface area (Å²) < 4.78 is 0. The molecule has 0 spiro atoms. The second kappa shape index (κ2) is 5.26. The van der Waals surface area contributed by atoms with Crippen molar-refractivity contribution in [1.29, 1.82) is 0 Å². The zero-order valence-electron chi connectivity index (χ0n) is 10.7. The summed E-state index contributed by atoms with van der Waals surface area (Å²) in [6, 6.07) is 0. The van der Waals surface area contributed by atoms with E-state index in [9.17, 15) is 4.79 Å². The molecule has 1 saturated heterocycles. The molecule has 92 valence electrons. The number of ketones is 1. The van der Waals surface area contributed by atoms with Gasteiger partial charge in [-0.15, -0.1) is 11.8 Å². The molecule has 1 heterocycles. The number of hydrogen-bond acceptors (Lipinski definition) is 2. The molecule has 0 unspecified atom stereocenters. The molecule has 0 bridgehead atoms. The zero-order valence-corrected chi connectivity index (χ0v) is 11.5. The Hall–Kier alpha value is -0.760. The lowest BCUT2D eigenvalue weighted by molar-refractivity contribution is -0.115. The topological polar surface area (TPSA) is 17.1 Å². The highest BCUT2D eigenvalue weighted by Crippen LogP contribution is 2.44. The van der Waals surface area contributed by atoms with E-state index in [2.05, 4.69) is 26.5 Å². The van der Waals surface area contributed by atoms with Crippen LogP contribution in [0.25, 0.3) is 0 Å². The number of carbonyl (C=O) groups excluding carboxylic acids is 1. The van der Waals surface area contributed by atoms with E-state index in [-0.39, 0.29) is 0 Å². The first-order chi connectivity index (χ1) is 8.13. The normalized spacial score (nSPS) is 24.5. The molecule has 1 aliphatic carbocycles. The first-order valence-electron chi connectivity index (χ1n) is 6.38. The molecule has 0 amide bonds. The van der Waals surface area contributed by atoms with Gasteiger partial charge in [0.15, 0.2) is 5.78 Å². The Labute approximate surface area is 108 Å². The molecular formula is C15H20OS. The van der Waals surface area contributed by atoms with Gasteiger partial charge in [-0.05, 0) is 37.2 Å². The Morgan fingerprint density at radius 1 is 1.59 bits per heavy atom. The van der Waals surface area contributed by atoms with E-state index in [1.165, 1.54) is 16.1 Å². The minimum absolute atomic E-state index is 0.313. The van der Waals surface area contributed by atoms with Gasteiger partial charge >= 0.3 is 0 Å². The van der Waals surface area contributed by atoms with Crippen molar-refractivity contribution < 1.29 is 4.79 Å². The monoisotopic (exact) mass is 248 g/mol. The van der Waals surface area contributed by atoms with Crippen molar-refractivity contribution in [2.75, 3.05) is 5.75 Å². The summed E-state index contributed by atoms with van der Waals surface area (Å²) in [6.07, 6.45) is 5.87. The number of hydrogen-bond donors (Lipinski definition) is 0. The molecule has 0 saturated carbocycles. The van der Waals surface area contributed by atoms with Crippen LogP contribution in [0.2, 0.25) is 0 Å². The Balaban J connectivity index is 2.25. The van der Waals surface area contributed by atoms with Gasteiger partial charge in [-0.2, -0.15) is 0 Å². The van der Waals surface area contributed by atoms with Crippen molar-refractivity contribution in [2.45, 2.75) is 39.5 Å². The lowest BCUT2D eigenvalue weighted by Crippen LogP contribution is -2.18. The van der Waals surface area contributed by atoms with Crippen LogP contribution in [0.5, 0.6) is 0 Å². The largest absolute Gasteiger partial charge is 0.294 e. The number of fused-ring (bicyclic) bond motifs is 1. The fourth-order valence-electron chi connectivity index (χ4n) is 2.53. The molecule has 1 nitrogen and oxygen atoms in total. The third kappa shape index (κ3) is 2.57. The highest BCUT2D eigenvalue weighted by molar-refractivity contribution is 8.03. The molecule has 0 aromatic carbocycles. The fraction of sp³-hybridized carbons (Fsp3) is 0.533. The molecule has 2 heteroatoms. The number of allylic oxidation sites excluding steroid dienone is 5. The van der Waals surface area contributed by atoms with E-state index in [0.717, 1.165) is 30.6 Å². The van der Waals surface area contributed by atoms with Crippen LogP contribution in [0.15, 0.2) is 34.3 Å². The molecular weight excluding hydrogens is 228 g/mol. The second-order valence-corrected chi connectivity index (χ2v) is 6.10. The number of rotatable bonds is 3. The van der Waals surface area contributed by atoms with E-state index in [4.69, 9.17) is 0 Å². The van der Waals surface area contributed by atoms with Crippen LogP contribution in [0, 0.1) is 5.92 Å². The van der Waals surface area contributed by atoms with Gasteiger partial charge in [-0.3, -0.25) is 4.79 Å². The Kier molecular flexibility index (Phi) is 3.93. The third-order valence-corrected chi connectivity index (χ3v) is 4.71. The summed E-state index contributed by atoms with van der Waals surface area (Å²) in [4.78, 5) is 13.4.